The molecule has 1 aromatic heterocycles. The average molecular weight is 392 g/mol. The van der Waals surface area contributed by atoms with E-state index in [1.807, 2.05) is 12.4 Å². The molecule has 0 aromatic carbocycles. The van der Waals surface area contributed by atoms with Crippen LogP contribution in [0.5, 0.6) is 6.01 Å². The van der Waals surface area contributed by atoms with Gasteiger partial charge in [-0.3, -0.25) is 14.6 Å². The van der Waals surface area contributed by atoms with Crippen LogP contribution in [0.25, 0.3) is 0 Å². The summed E-state index contributed by atoms with van der Waals surface area (Å²) in [4.78, 5) is 25.8. The lowest BCUT2D eigenvalue weighted by Crippen LogP contribution is -2.50. The van der Waals surface area contributed by atoms with Crippen LogP contribution in [0.4, 0.5) is 0 Å². The number of amides is 1. The van der Waals surface area contributed by atoms with Crippen LogP contribution in [-0.2, 0) is 16.1 Å². The van der Waals surface area contributed by atoms with Crippen molar-refractivity contribution >= 4 is 5.91 Å². The van der Waals surface area contributed by atoms with Crippen LogP contribution in [0.15, 0.2) is 12.4 Å². The van der Waals surface area contributed by atoms with Crippen LogP contribution >= 0.6 is 0 Å². The Bertz CT molecular complexity index is 604. The molecule has 0 radical (unpaired) electrons. The minimum Gasteiger partial charge on any atom is -0.467 e. The lowest BCUT2D eigenvalue weighted by Gasteiger charge is -2.42. The number of ether oxygens (including phenoxy) is 2. The molecule has 0 spiro atoms. The highest BCUT2D eigenvalue weighted by Crippen LogP contribution is 2.24. The predicted octanol–water partition coefficient (Wildman–Crippen LogP) is 0.924. The number of nitrogens with one attached hydrogen (secondary N) is 1. The van der Waals surface area contributed by atoms with E-state index in [1.54, 1.807) is 14.2 Å². The van der Waals surface area contributed by atoms with E-state index in [1.165, 1.54) is 0 Å². The molecule has 0 unspecified atom stereocenters. The van der Waals surface area contributed by atoms with Crippen molar-refractivity contribution in [1.82, 2.24) is 25.1 Å². The second kappa shape index (κ2) is 10.7. The monoisotopic (exact) mass is 391 g/mol. The summed E-state index contributed by atoms with van der Waals surface area (Å²) in [6, 6.07) is 0.992. The van der Waals surface area contributed by atoms with Crippen molar-refractivity contribution in [3.8, 4) is 6.01 Å². The van der Waals surface area contributed by atoms with E-state index < -0.39 is 0 Å². The third-order valence-electron chi connectivity index (χ3n) is 5.77. The normalized spacial score (nSPS) is 22.1. The smallest absolute Gasteiger partial charge is 0.316 e. The van der Waals surface area contributed by atoms with Gasteiger partial charge in [0.25, 0.3) is 0 Å². The fourth-order valence-corrected chi connectivity index (χ4v) is 4.20. The molecule has 28 heavy (non-hydrogen) atoms. The zero-order chi connectivity index (χ0) is 19.8. The zero-order valence-electron chi connectivity index (χ0n) is 17.1. The zero-order valence-corrected chi connectivity index (χ0v) is 17.1. The van der Waals surface area contributed by atoms with Crippen LogP contribution in [0.1, 0.15) is 31.2 Å². The highest BCUT2D eigenvalue weighted by atomic mass is 16.5. The van der Waals surface area contributed by atoms with Crippen molar-refractivity contribution in [2.45, 2.75) is 38.3 Å². The van der Waals surface area contributed by atoms with E-state index in [-0.39, 0.29) is 11.8 Å². The number of carbonyl (C=O) groups is 1. The van der Waals surface area contributed by atoms with Crippen molar-refractivity contribution in [1.29, 1.82) is 0 Å². The van der Waals surface area contributed by atoms with E-state index in [2.05, 4.69) is 25.1 Å². The van der Waals surface area contributed by atoms with Crippen LogP contribution in [0.2, 0.25) is 0 Å². The average Bonchev–Trinajstić information content (AvgIpc) is 2.75. The molecule has 8 nitrogen and oxygen atoms in total. The van der Waals surface area contributed by atoms with Gasteiger partial charge in [0.1, 0.15) is 0 Å². The summed E-state index contributed by atoms with van der Waals surface area (Å²) in [5, 5.41) is 3.00. The van der Waals surface area contributed by atoms with Gasteiger partial charge in [-0.2, -0.15) is 0 Å². The first kappa shape index (κ1) is 21.0. The van der Waals surface area contributed by atoms with Gasteiger partial charge in [0.2, 0.25) is 5.91 Å². The Morgan fingerprint density at radius 2 is 1.93 bits per heavy atom. The molecule has 2 fully saturated rings. The lowest BCUT2D eigenvalue weighted by atomic mass is 9.93. The van der Waals surface area contributed by atoms with Gasteiger partial charge < -0.3 is 14.8 Å². The minimum atomic E-state index is 0.111. The Morgan fingerprint density at radius 1 is 1.18 bits per heavy atom. The standard InChI is InChI=1S/C20H33N5O3/c1-27-11-7-21-19(26)17-4-3-8-25(15-17)18-5-9-24(10-6-18)14-16-12-22-20(28-2)23-13-16/h12-13,17-18H,3-11,14-15H2,1-2H3,(H,21,26)/t17-/m0/s1. The van der Waals surface area contributed by atoms with E-state index in [0.29, 0.717) is 25.2 Å². The number of rotatable bonds is 8. The number of piperidine rings is 2. The van der Waals surface area contributed by atoms with E-state index in [9.17, 15) is 4.79 Å². The number of nitrogens with zero attached hydrogens (tertiary/aromatic N) is 4. The molecule has 0 bridgehead atoms. The van der Waals surface area contributed by atoms with Gasteiger partial charge in [-0.15, -0.1) is 0 Å². The molecule has 8 heteroatoms. The number of aromatic nitrogens is 2. The first-order valence-corrected chi connectivity index (χ1v) is 10.3. The van der Waals surface area contributed by atoms with Crippen LogP contribution in [0.3, 0.4) is 0 Å². The molecule has 0 aliphatic carbocycles. The molecule has 0 saturated carbocycles. The fraction of sp³-hybridized carbons (Fsp3) is 0.750. The molecule has 2 aliphatic heterocycles. The SMILES string of the molecule is COCCNC(=O)[C@H]1CCCN(C2CCN(Cc3cnc(OC)nc3)CC2)C1. The molecule has 1 N–H and O–H groups in total. The maximum Gasteiger partial charge on any atom is 0.316 e. The highest BCUT2D eigenvalue weighted by molar-refractivity contribution is 5.78. The molecule has 2 aliphatic rings. The summed E-state index contributed by atoms with van der Waals surface area (Å²) in [5.41, 5.74) is 1.12. The summed E-state index contributed by atoms with van der Waals surface area (Å²) >= 11 is 0. The quantitative estimate of drug-likeness (QED) is 0.660. The summed E-state index contributed by atoms with van der Waals surface area (Å²) in [7, 11) is 3.23. The first-order chi connectivity index (χ1) is 13.7. The second-order valence-electron chi connectivity index (χ2n) is 7.70. The fourth-order valence-electron chi connectivity index (χ4n) is 4.20. The third kappa shape index (κ3) is 5.86. The van der Waals surface area contributed by atoms with Gasteiger partial charge in [0.05, 0.1) is 19.6 Å². The Labute approximate surface area is 167 Å². The molecule has 2 saturated heterocycles. The predicted molar refractivity (Wildman–Crippen MR) is 106 cm³/mol. The Morgan fingerprint density at radius 3 is 2.61 bits per heavy atom. The molecule has 1 amide bonds. The third-order valence-corrected chi connectivity index (χ3v) is 5.77. The first-order valence-electron chi connectivity index (χ1n) is 10.3. The Kier molecular flexibility index (Phi) is 8.00. The lowest BCUT2D eigenvalue weighted by molar-refractivity contribution is -0.127. The molecule has 1 atom stereocenters. The number of likely N-dealkylation sites (tertiary alicyclic amines) is 2. The maximum absolute atomic E-state index is 12.4. The second-order valence-corrected chi connectivity index (χ2v) is 7.70. The molecule has 3 rings (SSSR count). The Balaban J connectivity index is 1.42. The molecule has 3 heterocycles. The van der Waals surface area contributed by atoms with Crippen molar-refractivity contribution in [3.05, 3.63) is 18.0 Å². The molecular formula is C20H33N5O3. The summed E-state index contributed by atoms with van der Waals surface area (Å²) in [6.07, 6.45) is 8.08. The number of hydrogen-bond donors (Lipinski definition) is 1. The van der Waals surface area contributed by atoms with Crippen molar-refractivity contribution < 1.29 is 14.3 Å². The molecular weight excluding hydrogens is 358 g/mol. The number of carbonyl (C=O) groups excluding carboxylic acids is 1. The Hall–Kier alpha value is -1.77. The molecule has 1 aromatic rings. The van der Waals surface area contributed by atoms with E-state index in [4.69, 9.17) is 9.47 Å². The van der Waals surface area contributed by atoms with Gasteiger partial charge in [-0.25, -0.2) is 9.97 Å². The van der Waals surface area contributed by atoms with Gasteiger partial charge in [-0.05, 0) is 45.3 Å². The van der Waals surface area contributed by atoms with E-state index >= 15 is 0 Å². The summed E-state index contributed by atoms with van der Waals surface area (Å²) in [5.74, 6) is 0.291. The minimum absolute atomic E-state index is 0.111. The van der Waals surface area contributed by atoms with Gasteiger partial charge >= 0.3 is 6.01 Å². The van der Waals surface area contributed by atoms with Crippen LogP contribution < -0.4 is 10.1 Å². The largest absolute Gasteiger partial charge is 0.467 e. The molecule has 156 valence electrons. The van der Waals surface area contributed by atoms with E-state index in [0.717, 1.165) is 64.0 Å². The number of methoxy groups -OCH3 is 2. The summed E-state index contributed by atoms with van der Waals surface area (Å²) in [6.45, 7) is 6.17. The van der Waals surface area contributed by atoms with Gasteiger partial charge in [0.15, 0.2) is 0 Å². The topological polar surface area (TPSA) is 79.8 Å². The van der Waals surface area contributed by atoms with Crippen molar-refractivity contribution in [2.75, 3.05) is 53.6 Å². The van der Waals surface area contributed by atoms with Gasteiger partial charge in [0, 0.05) is 50.7 Å². The van der Waals surface area contributed by atoms with Crippen LogP contribution in [-0.4, -0.2) is 85.3 Å². The highest BCUT2D eigenvalue weighted by Gasteiger charge is 2.31. The van der Waals surface area contributed by atoms with Crippen molar-refractivity contribution in [2.24, 2.45) is 5.92 Å². The maximum atomic E-state index is 12.4. The van der Waals surface area contributed by atoms with Crippen molar-refractivity contribution in [3.63, 3.8) is 0 Å². The summed E-state index contributed by atoms with van der Waals surface area (Å²) < 4.78 is 10.0. The number of hydrogen-bond acceptors (Lipinski definition) is 7. The van der Waals surface area contributed by atoms with Crippen LogP contribution in [0, 0.1) is 5.92 Å². The van der Waals surface area contributed by atoms with Gasteiger partial charge in [-0.1, -0.05) is 0 Å².